The molecule has 1 heterocycles. The first-order valence-electron chi connectivity index (χ1n) is 9.01. The summed E-state index contributed by atoms with van der Waals surface area (Å²) >= 11 is 0. The molecule has 0 fully saturated rings. The summed E-state index contributed by atoms with van der Waals surface area (Å²) in [6.07, 6.45) is 0. The van der Waals surface area contributed by atoms with Crippen LogP contribution in [0.3, 0.4) is 0 Å². The van der Waals surface area contributed by atoms with Crippen LogP contribution in [0.15, 0.2) is 59.4 Å². The number of nitrogens with zero attached hydrogens (tertiary/aromatic N) is 1. The normalized spacial score (nSPS) is 10.7. The molecule has 0 aliphatic rings. The number of nitrogens with one attached hydrogen (secondary N) is 1. The van der Waals surface area contributed by atoms with Crippen molar-refractivity contribution < 1.29 is 4.79 Å². The van der Waals surface area contributed by atoms with Crippen LogP contribution < -0.4 is 10.7 Å². The zero-order valence-corrected chi connectivity index (χ0v) is 16.2. The Bertz CT molecular complexity index is 1050. The van der Waals surface area contributed by atoms with E-state index in [9.17, 15) is 9.59 Å². The summed E-state index contributed by atoms with van der Waals surface area (Å²) in [4.78, 5) is 25.8. The molecular weight excluding hydrogens is 336 g/mol. The molecule has 0 spiro atoms. The number of anilines is 1. The highest BCUT2D eigenvalue weighted by molar-refractivity contribution is 6.05. The maximum absolute atomic E-state index is 13.0. The Balaban J connectivity index is 2.06. The van der Waals surface area contributed by atoms with E-state index < -0.39 is 0 Å². The van der Waals surface area contributed by atoms with Crippen LogP contribution in [0, 0.1) is 27.7 Å². The third-order valence-electron chi connectivity index (χ3n) is 5.09. The van der Waals surface area contributed by atoms with Crippen LogP contribution in [0.5, 0.6) is 0 Å². The molecule has 1 N–H and O–H groups in total. The Morgan fingerprint density at radius 1 is 0.889 bits per heavy atom. The standard InChI is InChI=1S/C23H24N2O2/c1-15-10-8-9-13-20(15)24-23(27)21-18(4)25(17(3)16(2)22(21)26)14-19-11-6-5-7-12-19/h5-13H,14H2,1-4H3,(H,24,27). The van der Waals surface area contributed by atoms with Gasteiger partial charge in [0.1, 0.15) is 5.56 Å². The number of hydrogen-bond donors (Lipinski definition) is 1. The van der Waals surface area contributed by atoms with Crippen LogP contribution in [-0.2, 0) is 6.54 Å². The zero-order valence-electron chi connectivity index (χ0n) is 16.2. The van der Waals surface area contributed by atoms with Crippen molar-refractivity contribution in [3.63, 3.8) is 0 Å². The Labute approximate surface area is 159 Å². The minimum atomic E-state index is -0.364. The first kappa shape index (κ1) is 18.6. The van der Waals surface area contributed by atoms with Gasteiger partial charge in [0.05, 0.1) is 0 Å². The molecule has 4 nitrogen and oxygen atoms in total. The molecule has 0 radical (unpaired) electrons. The van der Waals surface area contributed by atoms with Crippen LogP contribution in [-0.4, -0.2) is 10.5 Å². The smallest absolute Gasteiger partial charge is 0.261 e. The lowest BCUT2D eigenvalue weighted by atomic mass is 10.0. The quantitative estimate of drug-likeness (QED) is 0.750. The summed E-state index contributed by atoms with van der Waals surface area (Å²) in [5.41, 5.74) is 4.96. The molecule has 0 aliphatic carbocycles. The second kappa shape index (κ2) is 7.62. The van der Waals surface area contributed by atoms with Gasteiger partial charge in [0.2, 0.25) is 0 Å². The second-order valence-electron chi connectivity index (χ2n) is 6.84. The molecule has 3 rings (SSSR count). The summed E-state index contributed by atoms with van der Waals surface area (Å²) in [5, 5.41) is 2.89. The SMILES string of the molecule is Cc1ccccc1NC(=O)c1c(C)n(Cc2ccccc2)c(C)c(C)c1=O. The Kier molecular flexibility index (Phi) is 5.26. The monoisotopic (exact) mass is 360 g/mol. The largest absolute Gasteiger partial charge is 0.343 e. The highest BCUT2D eigenvalue weighted by Gasteiger charge is 2.21. The molecule has 138 valence electrons. The molecule has 3 aromatic rings. The lowest BCUT2D eigenvalue weighted by Crippen LogP contribution is -2.29. The van der Waals surface area contributed by atoms with Gasteiger partial charge in [-0.2, -0.15) is 0 Å². The van der Waals surface area contributed by atoms with Crippen LogP contribution in [0.4, 0.5) is 5.69 Å². The van der Waals surface area contributed by atoms with Crippen molar-refractivity contribution in [3.05, 3.63) is 98.5 Å². The van der Waals surface area contributed by atoms with Crippen molar-refractivity contribution in [1.29, 1.82) is 0 Å². The Morgan fingerprint density at radius 2 is 1.52 bits per heavy atom. The van der Waals surface area contributed by atoms with Gasteiger partial charge in [-0.15, -0.1) is 0 Å². The first-order valence-corrected chi connectivity index (χ1v) is 9.01. The van der Waals surface area contributed by atoms with Crippen molar-refractivity contribution in [2.75, 3.05) is 5.32 Å². The van der Waals surface area contributed by atoms with E-state index >= 15 is 0 Å². The molecule has 0 saturated carbocycles. The fourth-order valence-corrected chi connectivity index (χ4v) is 3.27. The lowest BCUT2D eigenvalue weighted by molar-refractivity contribution is 0.102. The minimum absolute atomic E-state index is 0.206. The molecule has 1 aromatic heterocycles. The molecule has 2 aromatic carbocycles. The average molecular weight is 360 g/mol. The van der Waals surface area contributed by atoms with E-state index in [0.717, 1.165) is 16.8 Å². The summed E-state index contributed by atoms with van der Waals surface area (Å²) in [7, 11) is 0. The van der Waals surface area contributed by atoms with E-state index in [0.29, 0.717) is 23.5 Å². The number of carbonyl (C=O) groups is 1. The maximum Gasteiger partial charge on any atom is 0.261 e. The fourth-order valence-electron chi connectivity index (χ4n) is 3.27. The van der Waals surface area contributed by atoms with Gasteiger partial charge in [-0.3, -0.25) is 9.59 Å². The van der Waals surface area contributed by atoms with Gasteiger partial charge >= 0.3 is 0 Å². The molecule has 0 saturated heterocycles. The third-order valence-corrected chi connectivity index (χ3v) is 5.09. The van der Waals surface area contributed by atoms with Crippen LogP contribution in [0.25, 0.3) is 0 Å². The number of aromatic nitrogens is 1. The highest BCUT2D eigenvalue weighted by Crippen LogP contribution is 2.18. The molecule has 0 unspecified atom stereocenters. The van der Waals surface area contributed by atoms with E-state index in [2.05, 4.69) is 5.32 Å². The Hall–Kier alpha value is -3.14. The number of benzene rings is 2. The molecule has 4 heteroatoms. The number of amides is 1. The van der Waals surface area contributed by atoms with E-state index in [-0.39, 0.29) is 16.9 Å². The number of aryl methyl sites for hydroxylation is 1. The highest BCUT2D eigenvalue weighted by atomic mass is 16.2. The van der Waals surface area contributed by atoms with E-state index in [1.165, 1.54) is 0 Å². The van der Waals surface area contributed by atoms with Gasteiger partial charge in [0, 0.05) is 29.2 Å². The molecule has 0 atom stereocenters. The summed E-state index contributed by atoms with van der Waals surface area (Å²) in [6.45, 7) is 8.09. The number of para-hydroxylation sites is 1. The lowest BCUT2D eigenvalue weighted by Gasteiger charge is -2.20. The fraction of sp³-hybridized carbons (Fsp3) is 0.217. The van der Waals surface area contributed by atoms with Crippen molar-refractivity contribution in [2.45, 2.75) is 34.2 Å². The van der Waals surface area contributed by atoms with E-state index in [1.54, 1.807) is 6.92 Å². The van der Waals surface area contributed by atoms with Crippen molar-refractivity contribution >= 4 is 11.6 Å². The van der Waals surface area contributed by atoms with Gasteiger partial charge in [-0.25, -0.2) is 0 Å². The second-order valence-corrected chi connectivity index (χ2v) is 6.84. The molecular formula is C23H24N2O2. The number of rotatable bonds is 4. The minimum Gasteiger partial charge on any atom is -0.343 e. The zero-order chi connectivity index (χ0) is 19.6. The first-order chi connectivity index (χ1) is 12.9. The van der Waals surface area contributed by atoms with Crippen LogP contribution >= 0.6 is 0 Å². The summed E-state index contributed by atoms with van der Waals surface area (Å²) in [5.74, 6) is -0.364. The van der Waals surface area contributed by atoms with Crippen molar-refractivity contribution in [2.24, 2.45) is 0 Å². The summed E-state index contributed by atoms with van der Waals surface area (Å²) < 4.78 is 2.04. The van der Waals surface area contributed by atoms with Crippen LogP contribution in [0.1, 0.15) is 38.4 Å². The number of pyridine rings is 1. The molecule has 27 heavy (non-hydrogen) atoms. The van der Waals surface area contributed by atoms with Crippen molar-refractivity contribution in [1.82, 2.24) is 4.57 Å². The van der Waals surface area contributed by atoms with E-state index in [4.69, 9.17) is 0 Å². The summed E-state index contributed by atoms with van der Waals surface area (Å²) in [6, 6.07) is 17.6. The average Bonchev–Trinajstić information content (AvgIpc) is 2.66. The van der Waals surface area contributed by atoms with Gasteiger partial charge < -0.3 is 9.88 Å². The van der Waals surface area contributed by atoms with Gasteiger partial charge in [0.25, 0.3) is 5.91 Å². The molecule has 1 amide bonds. The van der Waals surface area contributed by atoms with Gasteiger partial charge in [0.15, 0.2) is 5.43 Å². The third kappa shape index (κ3) is 3.70. The Morgan fingerprint density at radius 3 is 2.19 bits per heavy atom. The topological polar surface area (TPSA) is 51.1 Å². The van der Waals surface area contributed by atoms with Crippen LogP contribution in [0.2, 0.25) is 0 Å². The van der Waals surface area contributed by atoms with Gasteiger partial charge in [-0.05, 0) is 44.9 Å². The molecule has 0 aliphatic heterocycles. The maximum atomic E-state index is 13.0. The van der Waals surface area contributed by atoms with Gasteiger partial charge in [-0.1, -0.05) is 48.5 Å². The predicted molar refractivity (Wildman–Crippen MR) is 110 cm³/mol. The molecule has 0 bridgehead atoms. The van der Waals surface area contributed by atoms with E-state index in [1.807, 2.05) is 79.9 Å². The number of hydrogen-bond acceptors (Lipinski definition) is 2. The predicted octanol–water partition coefficient (Wildman–Crippen LogP) is 4.38. The number of carbonyl (C=O) groups excluding carboxylic acids is 1. The van der Waals surface area contributed by atoms with Crippen molar-refractivity contribution in [3.8, 4) is 0 Å².